The summed E-state index contributed by atoms with van der Waals surface area (Å²) in [6, 6.07) is 11.9. The Morgan fingerprint density at radius 2 is 2.05 bits per heavy atom. The van der Waals surface area contributed by atoms with Gasteiger partial charge in [0, 0.05) is 10.0 Å². The van der Waals surface area contributed by atoms with Gasteiger partial charge in [0.1, 0.15) is 18.2 Å². The summed E-state index contributed by atoms with van der Waals surface area (Å²) in [6.45, 7) is 0.168. The molecule has 1 heterocycles. The van der Waals surface area contributed by atoms with E-state index in [2.05, 4.69) is 21.2 Å². The van der Waals surface area contributed by atoms with E-state index in [1.165, 1.54) is 12.1 Å². The van der Waals surface area contributed by atoms with Gasteiger partial charge in [0.25, 0.3) is 5.91 Å². The zero-order valence-corrected chi connectivity index (χ0v) is 12.5. The summed E-state index contributed by atoms with van der Waals surface area (Å²) in [5.41, 5.74) is 1.43. The number of benzene rings is 2. The zero-order valence-electron chi connectivity index (χ0n) is 10.9. The average Bonchev–Trinajstić information content (AvgIpc) is 2.49. The van der Waals surface area contributed by atoms with Gasteiger partial charge in [-0.15, -0.1) is 0 Å². The van der Waals surface area contributed by atoms with Gasteiger partial charge >= 0.3 is 0 Å². The first kappa shape index (κ1) is 13.8. The van der Waals surface area contributed by atoms with E-state index in [9.17, 15) is 9.18 Å². The molecule has 3 rings (SSSR count). The average molecular weight is 348 g/mol. The van der Waals surface area contributed by atoms with Crippen molar-refractivity contribution in [1.29, 1.82) is 0 Å². The Morgan fingerprint density at radius 3 is 2.86 bits per heavy atom. The Hall–Kier alpha value is -2.14. The highest BCUT2D eigenvalue weighted by Crippen LogP contribution is 2.26. The number of rotatable bonds is 2. The van der Waals surface area contributed by atoms with Crippen LogP contribution in [0.15, 0.2) is 52.5 Å². The fourth-order valence-electron chi connectivity index (χ4n) is 2.04. The molecule has 1 amide bonds. The lowest BCUT2D eigenvalue weighted by Crippen LogP contribution is -2.21. The minimum atomic E-state index is -0.490. The Labute approximate surface area is 129 Å². The third-order valence-corrected chi connectivity index (χ3v) is 3.60. The monoisotopic (exact) mass is 347 g/mol. The van der Waals surface area contributed by atoms with Crippen LogP contribution in [0.4, 0.5) is 10.1 Å². The molecular formula is C16H11BrFNO2. The van der Waals surface area contributed by atoms with Crippen molar-refractivity contribution in [2.24, 2.45) is 0 Å². The third kappa shape index (κ3) is 2.97. The van der Waals surface area contributed by atoms with Gasteiger partial charge in [0.2, 0.25) is 0 Å². The molecule has 106 valence electrons. The molecule has 2 aromatic carbocycles. The van der Waals surface area contributed by atoms with Gasteiger partial charge in [-0.3, -0.25) is 4.79 Å². The molecule has 0 unspecified atom stereocenters. The van der Waals surface area contributed by atoms with E-state index in [1.54, 1.807) is 12.1 Å². The van der Waals surface area contributed by atoms with Crippen molar-refractivity contribution in [2.75, 3.05) is 11.9 Å². The van der Waals surface area contributed by atoms with Gasteiger partial charge in [-0.25, -0.2) is 4.39 Å². The molecule has 2 aromatic rings. The molecular weight excluding hydrogens is 337 g/mol. The summed E-state index contributed by atoms with van der Waals surface area (Å²) in [5.74, 6) is -0.120. The van der Waals surface area contributed by atoms with Crippen LogP contribution in [0.3, 0.4) is 0 Å². The summed E-state index contributed by atoms with van der Waals surface area (Å²) in [6.07, 6.45) is 1.75. The van der Waals surface area contributed by atoms with Gasteiger partial charge < -0.3 is 10.1 Å². The van der Waals surface area contributed by atoms with Crippen molar-refractivity contribution in [2.45, 2.75) is 0 Å². The highest BCUT2D eigenvalue weighted by molar-refractivity contribution is 9.10. The lowest BCUT2D eigenvalue weighted by atomic mass is 10.1. The number of amides is 1. The van der Waals surface area contributed by atoms with Crippen molar-refractivity contribution in [3.63, 3.8) is 0 Å². The zero-order chi connectivity index (χ0) is 14.8. The fraction of sp³-hybridized carbons (Fsp3) is 0.0625. The molecule has 21 heavy (non-hydrogen) atoms. The Kier molecular flexibility index (Phi) is 3.75. The quantitative estimate of drug-likeness (QED) is 0.891. The first-order valence-corrected chi connectivity index (χ1v) is 7.11. The van der Waals surface area contributed by atoms with E-state index in [1.807, 2.05) is 24.3 Å². The number of halogens is 2. The molecule has 0 saturated carbocycles. The Morgan fingerprint density at radius 1 is 1.24 bits per heavy atom. The minimum Gasteiger partial charge on any atom is -0.488 e. The van der Waals surface area contributed by atoms with E-state index in [4.69, 9.17) is 4.74 Å². The van der Waals surface area contributed by atoms with E-state index >= 15 is 0 Å². The molecule has 0 spiro atoms. The van der Waals surface area contributed by atoms with Crippen molar-refractivity contribution >= 4 is 33.6 Å². The number of ether oxygens (including phenoxy) is 1. The van der Waals surface area contributed by atoms with Crippen LogP contribution in [0.25, 0.3) is 6.08 Å². The predicted octanol–water partition coefficient (Wildman–Crippen LogP) is 4.00. The van der Waals surface area contributed by atoms with Crippen LogP contribution in [-0.4, -0.2) is 12.5 Å². The number of fused-ring (bicyclic) bond motifs is 1. The molecule has 0 aromatic heterocycles. The summed E-state index contributed by atoms with van der Waals surface area (Å²) in [4.78, 5) is 12.2. The highest BCUT2D eigenvalue weighted by Gasteiger charge is 2.18. The highest BCUT2D eigenvalue weighted by atomic mass is 79.9. The minimum absolute atomic E-state index is 0.142. The van der Waals surface area contributed by atoms with Gasteiger partial charge in [-0.05, 0) is 30.3 Å². The lowest BCUT2D eigenvalue weighted by Gasteiger charge is -2.17. The summed E-state index contributed by atoms with van der Waals surface area (Å²) in [5, 5.41) is 2.55. The van der Waals surface area contributed by atoms with Crippen molar-refractivity contribution in [3.8, 4) is 5.75 Å². The molecule has 0 bridgehead atoms. The van der Waals surface area contributed by atoms with E-state index in [0.717, 1.165) is 11.3 Å². The van der Waals surface area contributed by atoms with Crippen LogP contribution in [0.1, 0.15) is 5.56 Å². The maximum absolute atomic E-state index is 13.7. The smallest absolute Gasteiger partial charge is 0.255 e. The molecule has 5 heteroatoms. The molecule has 1 N–H and O–H groups in total. The molecule has 0 radical (unpaired) electrons. The topological polar surface area (TPSA) is 38.3 Å². The van der Waals surface area contributed by atoms with Crippen LogP contribution in [-0.2, 0) is 4.79 Å². The summed E-state index contributed by atoms with van der Waals surface area (Å²) < 4.78 is 19.9. The molecule has 0 saturated heterocycles. The molecule has 0 atom stereocenters. The molecule has 1 aliphatic heterocycles. The normalized spacial score (nSPS) is 13.0. The second-order valence-corrected chi connectivity index (χ2v) is 5.49. The molecule has 0 fully saturated rings. The van der Waals surface area contributed by atoms with Crippen molar-refractivity contribution < 1.29 is 13.9 Å². The third-order valence-electron chi connectivity index (χ3n) is 3.10. The lowest BCUT2D eigenvalue weighted by molar-refractivity contribution is -0.113. The van der Waals surface area contributed by atoms with Crippen LogP contribution in [0.2, 0.25) is 0 Å². The maximum Gasteiger partial charge on any atom is 0.255 e. The second-order valence-electron chi connectivity index (χ2n) is 4.57. The number of carbonyl (C=O) groups excluding carboxylic acids is 1. The first-order valence-electron chi connectivity index (χ1n) is 6.32. The van der Waals surface area contributed by atoms with Gasteiger partial charge in [0.15, 0.2) is 0 Å². The van der Waals surface area contributed by atoms with Gasteiger partial charge in [-0.2, -0.15) is 0 Å². The van der Waals surface area contributed by atoms with E-state index < -0.39 is 5.82 Å². The standard InChI is InChI=1S/C16H11BrFNO2/c17-12-5-6-14(13(18)8-12)19-16(20)11-7-10-3-1-2-4-15(10)21-9-11/h1-8H,9H2,(H,19,20). The Bertz CT molecular complexity index is 743. The van der Waals surface area contributed by atoms with E-state index in [-0.39, 0.29) is 18.2 Å². The van der Waals surface area contributed by atoms with Crippen LogP contribution in [0, 0.1) is 5.82 Å². The predicted molar refractivity (Wildman–Crippen MR) is 82.6 cm³/mol. The molecule has 0 aliphatic carbocycles. The number of hydrogen-bond acceptors (Lipinski definition) is 2. The number of carbonyl (C=O) groups is 1. The van der Waals surface area contributed by atoms with Crippen molar-refractivity contribution in [1.82, 2.24) is 0 Å². The van der Waals surface area contributed by atoms with E-state index in [0.29, 0.717) is 10.0 Å². The summed E-state index contributed by atoms with van der Waals surface area (Å²) in [7, 11) is 0. The number of anilines is 1. The molecule has 1 aliphatic rings. The fourth-order valence-corrected chi connectivity index (χ4v) is 2.37. The Balaban J connectivity index is 1.82. The number of nitrogens with one attached hydrogen (secondary N) is 1. The second kappa shape index (κ2) is 5.69. The first-order chi connectivity index (χ1) is 10.1. The summed E-state index contributed by atoms with van der Waals surface area (Å²) >= 11 is 3.17. The van der Waals surface area contributed by atoms with Gasteiger partial charge in [0.05, 0.1) is 11.3 Å². The van der Waals surface area contributed by atoms with Crippen LogP contribution in [0.5, 0.6) is 5.75 Å². The number of para-hydroxylation sites is 1. The van der Waals surface area contributed by atoms with Crippen LogP contribution >= 0.6 is 15.9 Å². The van der Waals surface area contributed by atoms with Gasteiger partial charge in [-0.1, -0.05) is 34.1 Å². The number of hydrogen-bond donors (Lipinski definition) is 1. The SMILES string of the molecule is O=C(Nc1ccc(Br)cc1F)C1=Cc2ccccc2OC1. The largest absolute Gasteiger partial charge is 0.488 e. The van der Waals surface area contributed by atoms with Crippen molar-refractivity contribution in [3.05, 3.63) is 63.9 Å². The maximum atomic E-state index is 13.7. The van der Waals surface area contributed by atoms with Crippen LogP contribution < -0.4 is 10.1 Å². The molecule has 3 nitrogen and oxygen atoms in total.